The molecule has 0 saturated carbocycles. The number of methoxy groups -OCH3 is 1. The molecule has 1 aromatic carbocycles. The third-order valence-electron chi connectivity index (χ3n) is 4.04. The van der Waals surface area contributed by atoms with Gasteiger partial charge in [0.1, 0.15) is 17.2 Å². The zero-order chi connectivity index (χ0) is 16.0. The first-order valence-electron chi connectivity index (χ1n) is 7.16. The zero-order valence-electron chi connectivity index (χ0n) is 12.3. The van der Waals surface area contributed by atoms with Crippen LogP contribution in [0.15, 0.2) is 41.8 Å². The van der Waals surface area contributed by atoms with Crippen LogP contribution in [0.1, 0.15) is 10.3 Å². The Bertz CT molecular complexity index is 745. The number of nitrogens with zero attached hydrogens (tertiary/aromatic N) is 2. The molecule has 1 aromatic heterocycles. The predicted molar refractivity (Wildman–Crippen MR) is 98.2 cm³/mol. The van der Waals surface area contributed by atoms with Crippen LogP contribution in [0.4, 0.5) is 5.69 Å². The Morgan fingerprint density at radius 3 is 2.70 bits per heavy atom. The molecule has 0 N–H and O–H groups in total. The molecule has 0 aliphatic carbocycles. The van der Waals surface area contributed by atoms with Gasteiger partial charge in [-0.25, -0.2) is 0 Å². The molecule has 23 heavy (non-hydrogen) atoms. The number of amides is 1. The van der Waals surface area contributed by atoms with E-state index < -0.39 is 0 Å². The van der Waals surface area contributed by atoms with Gasteiger partial charge in [0.25, 0.3) is 5.91 Å². The molecule has 2 saturated heterocycles. The van der Waals surface area contributed by atoms with E-state index in [1.807, 2.05) is 30.3 Å². The highest BCUT2D eigenvalue weighted by molar-refractivity contribution is 8.00. The van der Waals surface area contributed by atoms with Gasteiger partial charge in [-0.3, -0.25) is 9.69 Å². The SMILES string of the molecule is COc1ccc(N2C(=O)[C@@H]3CSC(c4cccs4)N3C2=S)cc1. The summed E-state index contributed by atoms with van der Waals surface area (Å²) in [5.41, 5.74) is 0.796. The van der Waals surface area contributed by atoms with E-state index in [1.54, 1.807) is 35.1 Å². The van der Waals surface area contributed by atoms with Gasteiger partial charge in [0.15, 0.2) is 5.11 Å². The number of hydrogen-bond donors (Lipinski definition) is 0. The van der Waals surface area contributed by atoms with Crippen molar-refractivity contribution >= 4 is 52.0 Å². The van der Waals surface area contributed by atoms with Crippen LogP contribution < -0.4 is 9.64 Å². The lowest BCUT2D eigenvalue weighted by Gasteiger charge is -2.24. The summed E-state index contributed by atoms with van der Waals surface area (Å²) in [6.07, 6.45) is 0. The Hall–Kier alpha value is -1.57. The molecule has 4 nitrogen and oxygen atoms in total. The predicted octanol–water partition coefficient (Wildman–Crippen LogP) is 3.50. The summed E-state index contributed by atoms with van der Waals surface area (Å²) >= 11 is 9.13. The van der Waals surface area contributed by atoms with Crippen LogP contribution in [-0.4, -0.2) is 34.8 Å². The van der Waals surface area contributed by atoms with Crippen LogP contribution in [-0.2, 0) is 4.79 Å². The number of carbonyl (C=O) groups is 1. The van der Waals surface area contributed by atoms with Crippen LogP contribution in [0.25, 0.3) is 0 Å². The zero-order valence-corrected chi connectivity index (χ0v) is 14.8. The molecule has 2 aromatic rings. The first kappa shape index (κ1) is 15.0. The highest BCUT2D eigenvalue weighted by Gasteiger charge is 2.51. The summed E-state index contributed by atoms with van der Waals surface area (Å²) in [7, 11) is 1.62. The Morgan fingerprint density at radius 1 is 1.26 bits per heavy atom. The normalized spacial score (nSPS) is 23.5. The van der Waals surface area contributed by atoms with Gasteiger partial charge in [-0.2, -0.15) is 0 Å². The molecular formula is C16H14N2O2S3. The van der Waals surface area contributed by atoms with Crippen LogP contribution >= 0.6 is 35.3 Å². The summed E-state index contributed by atoms with van der Waals surface area (Å²) in [6.45, 7) is 0. The molecule has 0 spiro atoms. The smallest absolute Gasteiger partial charge is 0.257 e. The maximum absolute atomic E-state index is 12.8. The number of thioether (sulfide) groups is 1. The van der Waals surface area contributed by atoms with E-state index in [2.05, 4.69) is 16.3 Å². The number of benzene rings is 1. The van der Waals surface area contributed by atoms with Gasteiger partial charge in [0.05, 0.1) is 12.8 Å². The van der Waals surface area contributed by atoms with Gasteiger partial charge in [-0.1, -0.05) is 6.07 Å². The molecule has 118 valence electrons. The molecule has 4 rings (SSSR count). The maximum atomic E-state index is 12.8. The standard InChI is InChI=1S/C16H14N2O2S3/c1-20-11-6-4-10(5-7-11)17-14(19)12-9-23-15(18(12)16(17)21)13-3-2-8-22-13/h2-8,12,15H,9H2,1H3/t12-,15?/m0/s1. The van der Waals surface area contributed by atoms with Gasteiger partial charge in [0, 0.05) is 10.6 Å². The number of thiocarbonyl (C=S) groups is 1. The highest BCUT2D eigenvalue weighted by Crippen LogP contribution is 2.47. The number of anilines is 1. The van der Waals surface area contributed by atoms with E-state index in [0.717, 1.165) is 17.2 Å². The number of rotatable bonds is 3. The van der Waals surface area contributed by atoms with Crippen LogP contribution in [0.3, 0.4) is 0 Å². The molecule has 2 aliphatic heterocycles. The van der Waals surface area contributed by atoms with Crippen LogP contribution in [0, 0.1) is 0 Å². The highest BCUT2D eigenvalue weighted by atomic mass is 32.2. The number of fused-ring (bicyclic) bond motifs is 1. The van der Waals surface area contributed by atoms with Gasteiger partial charge < -0.3 is 9.64 Å². The van der Waals surface area contributed by atoms with Crippen molar-refractivity contribution in [2.45, 2.75) is 11.4 Å². The summed E-state index contributed by atoms with van der Waals surface area (Å²) in [5, 5.41) is 2.79. The quantitative estimate of drug-likeness (QED) is 0.781. The third kappa shape index (κ3) is 2.34. The molecular weight excluding hydrogens is 348 g/mol. The Kier molecular flexibility index (Phi) is 3.79. The summed E-state index contributed by atoms with van der Waals surface area (Å²) < 4.78 is 5.18. The Morgan fingerprint density at radius 2 is 2.04 bits per heavy atom. The van der Waals surface area contributed by atoms with Crippen molar-refractivity contribution in [2.75, 3.05) is 17.8 Å². The van der Waals surface area contributed by atoms with Crippen LogP contribution in [0.5, 0.6) is 5.75 Å². The second-order valence-corrected chi connectivity index (χ2v) is 7.74. The van der Waals surface area contributed by atoms with E-state index in [-0.39, 0.29) is 17.3 Å². The largest absolute Gasteiger partial charge is 0.497 e. The Labute approximate surface area is 148 Å². The summed E-state index contributed by atoms with van der Waals surface area (Å²) in [6, 6.07) is 11.4. The minimum Gasteiger partial charge on any atom is -0.497 e. The monoisotopic (exact) mass is 362 g/mol. The fourth-order valence-corrected chi connectivity index (χ4v) is 5.79. The lowest BCUT2D eigenvalue weighted by molar-refractivity contribution is -0.119. The van der Waals surface area contributed by atoms with Crippen molar-refractivity contribution < 1.29 is 9.53 Å². The Balaban J connectivity index is 1.66. The average molecular weight is 363 g/mol. The average Bonchev–Trinajstić information content (AvgIpc) is 3.28. The molecule has 2 atom stereocenters. The third-order valence-corrected chi connectivity index (χ3v) is 6.81. The van der Waals surface area contributed by atoms with Crippen molar-refractivity contribution in [3.8, 4) is 5.75 Å². The molecule has 1 amide bonds. The van der Waals surface area contributed by atoms with Gasteiger partial charge in [0.2, 0.25) is 0 Å². The summed E-state index contributed by atoms with van der Waals surface area (Å²) in [4.78, 5) is 17.8. The van der Waals surface area contributed by atoms with Gasteiger partial charge in [-0.05, 0) is 47.9 Å². The summed E-state index contributed by atoms with van der Waals surface area (Å²) in [5.74, 6) is 1.60. The number of ether oxygens (including phenoxy) is 1. The second kappa shape index (κ2) is 5.81. The van der Waals surface area contributed by atoms with Gasteiger partial charge >= 0.3 is 0 Å². The topological polar surface area (TPSA) is 32.8 Å². The van der Waals surface area contributed by atoms with E-state index in [0.29, 0.717) is 5.11 Å². The molecule has 0 bridgehead atoms. The van der Waals surface area contributed by atoms with Crippen molar-refractivity contribution in [2.24, 2.45) is 0 Å². The van der Waals surface area contributed by atoms with E-state index in [1.165, 1.54) is 4.88 Å². The van der Waals surface area contributed by atoms with Gasteiger partial charge in [-0.15, -0.1) is 23.1 Å². The molecule has 1 unspecified atom stereocenters. The molecule has 2 aliphatic rings. The number of hydrogen-bond acceptors (Lipinski definition) is 5. The fourth-order valence-electron chi connectivity index (χ4n) is 2.91. The lowest BCUT2D eigenvalue weighted by atomic mass is 10.2. The first-order valence-corrected chi connectivity index (χ1v) is 9.49. The minimum atomic E-state index is -0.165. The lowest BCUT2D eigenvalue weighted by Crippen LogP contribution is -2.33. The fraction of sp³-hybridized carbons (Fsp3) is 0.250. The second-order valence-electron chi connectivity index (χ2n) is 5.28. The molecule has 2 fully saturated rings. The first-order chi connectivity index (χ1) is 11.2. The van der Waals surface area contributed by atoms with Crippen molar-refractivity contribution in [3.05, 3.63) is 46.7 Å². The van der Waals surface area contributed by atoms with E-state index >= 15 is 0 Å². The minimum absolute atomic E-state index is 0.0618. The molecule has 3 heterocycles. The number of thiophene rings is 1. The maximum Gasteiger partial charge on any atom is 0.257 e. The van der Waals surface area contributed by atoms with Crippen LogP contribution in [0.2, 0.25) is 0 Å². The van der Waals surface area contributed by atoms with E-state index in [9.17, 15) is 4.79 Å². The van der Waals surface area contributed by atoms with Crippen molar-refractivity contribution in [1.29, 1.82) is 0 Å². The number of carbonyl (C=O) groups excluding carboxylic acids is 1. The van der Waals surface area contributed by atoms with Crippen molar-refractivity contribution in [3.63, 3.8) is 0 Å². The van der Waals surface area contributed by atoms with E-state index in [4.69, 9.17) is 17.0 Å². The molecule has 0 radical (unpaired) electrons. The van der Waals surface area contributed by atoms with Crippen molar-refractivity contribution in [1.82, 2.24) is 4.90 Å². The molecule has 7 heteroatoms.